The zero-order valence-electron chi connectivity index (χ0n) is 18.1. The molecule has 0 atom stereocenters. The van der Waals surface area contributed by atoms with Crippen LogP contribution in [0.2, 0.25) is 0 Å². The second-order valence-electron chi connectivity index (χ2n) is 6.98. The number of carbonyl (C=O) groups is 1. The van der Waals surface area contributed by atoms with E-state index in [1.807, 2.05) is 53.4 Å². The second-order valence-corrected chi connectivity index (χ2v) is 8.84. The molecule has 0 bridgehead atoms. The van der Waals surface area contributed by atoms with Crippen molar-refractivity contribution in [2.24, 2.45) is 0 Å². The van der Waals surface area contributed by atoms with Crippen LogP contribution in [0, 0.1) is 0 Å². The van der Waals surface area contributed by atoms with Crippen molar-refractivity contribution in [2.45, 2.75) is 17.9 Å². The lowest BCUT2D eigenvalue weighted by Gasteiger charge is -2.20. The monoisotopic (exact) mass is 468 g/mol. The number of aromatic nitrogens is 3. The molecule has 7 nitrogen and oxygen atoms in total. The Hall–Kier alpha value is -3.04. The Balaban J connectivity index is 1.69. The van der Waals surface area contributed by atoms with Crippen LogP contribution in [-0.2, 0) is 6.54 Å². The van der Waals surface area contributed by atoms with Gasteiger partial charge in [-0.25, -0.2) is 9.97 Å². The summed E-state index contributed by atoms with van der Waals surface area (Å²) in [6.45, 7) is 1.28. The van der Waals surface area contributed by atoms with Gasteiger partial charge in [0, 0.05) is 35.9 Å². The SMILES string of the molecule is COc1ccc(OC)c2sc(N(CCCn3ccnc3)C(=O)c3ccc(SC)cc3)nc12. The van der Waals surface area contributed by atoms with E-state index < -0.39 is 0 Å². The first kappa shape index (κ1) is 22.2. The number of amides is 1. The number of imidazole rings is 1. The largest absolute Gasteiger partial charge is 0.495 e. The van der Waals surface area contributed by atoms with Gasteiger partial charge < -0.3 is 14.0 Å². The fraction of sp³-hybridized carbons (Fsp3) is 0.261. The first-order valence-corrected chi connectivity index (χ1v) is 12.1. The van der Waals surface area contributed by atoms with Crippen molar-refractivity contribution in [3.8, 4) is 11.5 Å². The van der Waals surface area contributed by atoms with Gasteiger partial charge in [-0.15, -0.1) is 11.8 Å². The summed E-state index contributed by atoms with van der Waals surface area (Å²) in [5.41, 5.74) is 1.32. The molecule has 0 aliphatic rings. The molecule has 2 heterocycles. The topological polar surface area (TPSA) is 69.5 Å². The summed E-state index contributed by atoms with van der Waals surface area (Å²) in [7, 11) is 3.24. The number of hydrogen-bond acceptors (Lipinski definition) is 7. The Morgan fingerprint density at radius 2 is 1.88 bits per heavy atom. The van der Waals surface area contributed by atoms with Gasteiger partial charge in [-0.2, -0.15) is 0 Å². The van der Waals surface area contributed by atoms with Gasteiger partial charge in [-0.05, 0) is 49.1 Å². The summed E-state index contributed by atoms with van der Waals surface area (Å²) >= 11 is 3.08. The van der Waals surface area contributed by atoms with Crippen LogP contribution in [0.1, 0.15) is 16.8 Å². The third kappa shape index (κ3) is 4.58. The van der Waals surface area contributed by atoms with E-state index in [1.165, 1.54) is 11.3 Å². The number of carbonyl (C=O) groups excluding carboxylic acids is 1. The Bertz CT molecular complexity index is 1150. The number of methoxy groups -OCH3 is 2. The highest BCUT2D eigenvalue weighted by Crippen LogP contribution is 2.40. The quantitative estimate of drug-likeness (QED) is 0.323. The molecular formula is C23H24N4O3S2. The zero-order valence-corrected chi connectivity index (χ0v) is 19.8. The van der Waals surface area contributed by atoms with Gasteiger partial charge in [0.05, 0.1) is 20.5 Å². The van der Waals surface area contributed by atoms with Gasteiger partial charge in [0.15, 0.2) is 5.13 Å². The maximum atomic E-state index is 13.5. The summed E-state index contributed by atoms with van der Waals surface area (Å²) in [6, 6.07) is 11.3. The van der Waals surface area contributed by atoms with Crippen LogP contribution in [0.4, 0.5) is 5.13 Å². The Kier molecular flexibility index (Phi) is 6.96. The van der Waals surface area contributed by atoms with Crippen molar-refractivity contribution in [3.63, 3.8) is 0 Å². The number of thioether (sulfide) groups is 1. The Morgan fingerprint density at radius 1 is 1.12 bits per heavy atom. The smallest absolute Gasteiger partial charge is 0.260 e. The number of benzene rings is 2. The van der Waals surface area contributed by atoms with Crippen molar-refractivity contribution < 1.29 is 14.3 Å². The summed E-state index contributed by atoms with van der Waals surface area (Å²) in [6.07, 6.45) is 8.22. The fourth-order valence-corrected chi connectivity index (χ4v) is 4.90. The van der Waals surface area contributed by atoms with Crippen molar-refractivity contribution in [3.05, 3.63) is 60.7 Å². The molecule has 0 saturated carbocycles. The Morgan fingerprint density at radius 3 is 2.53 bits per heavy atom. The molecule has 0 saturated heterocycles. The third-order valence-electron chi connectivity index (χ3n) is 5.07. The summed E-state index contributed by atoms with van der Waals surface area (Å²) in [5, 5.41) is 0.618. The van der Waals surface area contributed by atoms with Crippen molar-refractivity contribution in [1.82, 2.24) is 14.5 Å². The first-order valence-electron chi connectivity index (χ1n) is 10.1. The highest BCUT2D eigenvalue weighted by molar-refractivity contribution is 7.98. The van der Waals surface area contributed by atoms with E-state index in [0.717, 1.165) is 22.6 Å². The number of nitrogens with zero attached hydrogens (tertiary/aromatic N) is 4. The van der Waals surface area contributed by atoms with E-state index in [1.54, 1.807) is 43.4 Å². The molecule has 0 unspecified atom stereocenters. The highest BCUT2D eigenvalue weighted by atomic mass is 32.2. The van der Waals surface area contributed by atoms with E-state index in [-0.39, 0.29) is 5.91 Å². The number of anilines is 1. The maximum absolute atomic E-state index is 13.5. The molecule has 0 radical (unpaired) electrons. The normalized spacial score (nSPS) is 11.0. The molecule has 9 heteroatoms. The van der Waals surface area contributed by atoms with E-state index in [0.29, 0.717) is 34.3 Å². The minimum atomic E-state index is -0.0831. The van der Waals surface area contributed by atoms with Crippen molar-refractivity contribution >= 4 is 44.4 Å². The first-order chi connectivity index (χ1) is 15.6. The lowest BCUT2D eigenvalue weighted by atomic mass is 10.2. The van der Waals surface area contributed by atoms with Gasteiger partial charge in [0.2, 0.25) is 0 Å². The lowest BCUT2D eigenvalue weighted by molar-refractivity contribution is 0.0986. The van der Waals surface area contributed by atoms with Crippen LogP contribution >= 0.6 is 23.1 Å². The number of hydrogen-bond donors (Lipinski definition) is 0. The molecule has 0 aliphatic heterocycles. The van der Waals surface area contributed by atoms with Crippen LogP contribution in [0.5, 0.6) is 11.5 Å². The molecule has 0 aliphatic carbocycles. The molecule has 0 N–H and O–H groups in total. The van der Waals surface area contributed by atoms with E-state index in [9.17, 15) is 4.79 Å². The zero-order chi connectivity index (χ0) is 22.5. The lowest BCUT2D eigenvalue weighted by Crippen LogP contribution is -2.32. The minimum absolute atomic E-state index is 0.0831. The van der Waals surface area contributed by atoms with Crippen LogP contribution in [0.15, 0.2) is 60.0 Å². The van der Waals surface area contributed by atoms with Crippen molar-refractivity contribution in [1.29, 1.82) is 0 Å². The van der Waals surface area contributed by atoms with Gasteiger partial charge >= 0.3 is 0 Å². The van der Waals surface area contributed by atoms with Gasteiger partial charge in [-0.3, -0.25) is 9.69 Å². The number of aryl methyl sites for hydroxylation is 1. The van der Waals surface area contributed by atoms with Gasteiger partial charge in [0.1, 0.15) is 21.7 Å². The van der Waals surface area contributed by atoms with Gasteiger partial charge in [-0.1, -0.05) is 11.3 Å². The van der Waals surface area contributed by atoms with Crippen LogP contribution in [0.25, 0.3) is 10.2 Å². The standard InChI is InChI=1S/C23H24N4O3S2/c1-29-18-9-10-19(30-2)21-20(18)25-23(32-21)27(13-4-12-26-14-11-24-15-26)22(28)16-5-7-17(31-3)8-6-16/h5-11,14-15H,4,12-13H2,1-3H3. The van der Waals surface area contributed by atoms with Crippen LogP contribution < -0.4 is 14.4 Å². The Labute approximate surface area is 195 Å². The maximum Gasteiger partial charge on any atom is 0.260 e. The molecule has 4 rings (SSSR count). The summed E-state index contributed by atoms with van der Waals surface area (Å²) in [4.78, 5) is 25.3. The molecule has 2 aromatic heterocycles. The van der Waals surface area contributed by atoms with E-state index >= 15 is 0 Å². The fourth-order valence-electron chi connectivity index (χ4n) is 3.39. The predicted octanol–water partition coefficient (Wildman–Crippen LogP) is 4.97. The highest BCUT2D eigenvalue weighted by Gasteiger charge is 2.23. The average Bonchev–Trinajstić information content (AvgIpc) is 3.51. The predicted molar refractivity (Wildman–Crippen MR) is 129 cm³/mol. The molecular weight excluding hydrogens is 444 g/mol. The van der Waals surface area contributed by atoms with Crippen LogP contribution in [0.3, 0.4) is 0 Å². The third-order valence-corrected chi connectivity index (χ3v) is 6.91. The number of ether oxygens (including phenoxy) is 2. The number of fused-ring (bicyclic) bond motifs is 1. The number of thiazole rings is 1. The average molecular weight is 469 g/mol. The second kappa shape index (κ2) is 10.1. The molecule has 32 heavy (non-hydrogen) atoms. The van der Waals surface area contributed by atoms with Gasteiger partial charge in [0.25, 0.3) is 5.91 Å². The molecule has 4 aromatic rings. The molecule has 166 valence electrons. The van der Waals surface area contributed by atoms with E-state index in [4.69, 9.17) is 14.5 Å². The van der Waals surface area contributed by atoms with Crippen molar-refractivity contribution in [2.75, 3.05) is 31.9 Å². The van der Waals surface area contributed by atoms with E-state index in [2.05, 4.69) is 4.98 Å². The molecule has 2 aromatic carbocycles. The molecule has 0 spiro atoms. The molecule has 1 amide bonds. The summed E-state index contributed by atoms with van der Waals surface area (Å²) < 4.78 is 13.9. The number of rotatable bonds is 9. The molecule has 0 fully saturated rings. The minimum Gasteiger partial charge on any atom is -0.495 e. The van der Waals surface area contributed by atoms with Crippen LogP contribution in [-0.4, -0.2) is 47.5 Å². The summed E-state index contributed by atoms with van der Waals surface area (Å²) in [5.74, 6) is 1.28.